The molecular formula is C19H24Cl2N4O3S. The van der Waals surface area contributed by atoms with Crippen LogP contribution in [0.2, 0.25) is 10.0 Å². The van der Waals surface area contributed by atoms with Crippen molar-refractivity contribution in [1.29, 1.82) is 0 Å². The number of sulfonamides is 1. The fraction of sp³-hybridized carbons (Fsp3) is 0.421. The van der Waals surface area contributed by atoms with E-state index in [1.807, 2.05) is 24.3 Å². The smallest absolute Gasteiger partial charge is 0.215 e. The van der Waals surface area contributed by atoms with Gasteiger partial charge >= 0.3 is 0 Å². The summed E-state index contributed by atoms with van der Waals surface area (Å²) in [5.41, 5.74) is 4.06. The average Bonchev–Trinajstić information content (AvgIpc) is 2.72. The predicted molar refractivity (Wildman–Crippen MR) is 115 cm³/mol. The van der Waals surface area contributed by atoms with E-state index in [1.165, 1.54) is 4.31 Å². The van der Waals surface area contributed by atoms with Gasteiger partial charge in [0.25, 0.3) is 0 Å². The maximum atomic E-state index is 12.8. The van der Waals surface area contributed by atoms with Crippen LogP contribution in [0.3, 0.4) is 0 Å². The highest BCUT2D eigenvalue weighted by Crippen LogP contribution is 2.21. The molecular weight excluding hydrogens is 435 g/mol. The van der Waals surface area contributed by atoms with Crippen LogP contribution >= 0.6 is 23.2 Å². The highest BCUT2D eigenvalue weighted by Gasteiger charge is 2.29. The first-order valence-corrected chi connectivity index (χ1v) is 11.7. The summed E-state index contributed by atoms with van der Waals surface area (Å²) in [6.07, 6.45) is 4.24. The molecule has 0 radical (unpaired) electrons. The van der Waals surface area contributed by atoms with Crippen molar-refractivity contribution >= 4 is 38.9 Å². The minimum atomic E-state index is -3.50. The fourth-order valence-electron chi connectivity index (χ4n) is 3.35. The molecule has 29 heavy (non-hydrogen) atoms. The first-order chi connectivity index (χ1) is 13.9. The van der Waals surface area contributed by atoms with Crippen molar-refractivity contribution in [2.24, 2.45) is 0 Å². The van der Waals surface area contributed by atoms with Crippen LogP contribution in [0.4, 0.5) is 5.69 Å². The minimum absolute atomic E-state index is 0.168. The number of hydrogen-bond acceptors (Lipinski definition) is 6. The van der Waals surface area contributed by atoms with E-state index >= 15 is 0 Å². The van der Waals surface area contributed by atoms with Crippen molar-refractivity contribution < 1.29 is 13.6 Å². The van der Waals surface area contributed by atoms with Gasteiger partial charge < -0.3 is 10.1 Å². The lowest BCUT2D eigenvalue weighted by Crippen LogP contribution is -2.51. The molecule has 1 unspecified atom stereocenters. The molecule has 0 aliphatic carbocycles. The maximum Gasteiger partial charge on any atom is 0.215 e. The van der Waals surface area contributed by atoms with Crippen molar-refractivity contribution in [2.45, 2.75) is 18.9 Å². The highest BCUT2D eigenvalue weighted by molar-refractivity contribution is 7.89. The number of aryl methyl sites for hydroxylation is 1. The molecule has 3 rings (SSSR count). The van der Waals surface area contributed by atoms with Gasteiger partial charge in [0.15, 0.2) is 0 Å². The van der Waals surface area contributed by atoms with Gasteiger partial charge in [-0.2, -0.15) is 4.31 Å². The number of pyridine rings is 1. The second-order valence-electron chi connectivity index (χ2n) is 7.02. The topological polar surface area (TPSA) is 85.8 Å². The Morgan fingerprint density at radius 1 is 1.07 bits per heavy atom. The van der Waals surface area contributed by atoms with Crippen LogP contribution in [0.15, 0.2) is 42.7 Å². The van der Waals surface area contributed by atoms with Gasteiger partial charge in [0, 0.05) is 55.3 Å². The van der Waals surface area contributed by atoms with Crippen molar-refractivity contribution in [3.63, 3.8) is 0 Å². The van der Waals surface area contributed by atoms with E-state index in [2.05, 4.69) is 15.4 Å². The number of nitrogens with zero attached hydrogens (tertiary/aromatic N) is 3. The molecule has 0 saturated carbocycles. The number of nitrogens with one attached hydrogen (secondary N) is 1. The van der Waals surface area contributed by atoms with Gasteiger partial charge in [-0.1, -0.05) is 23.2 Å². The number of anilines is 1. The highest BCUT2D eigenvalue weighted by atomic mass is 35.5. The predicted octanol–water partition coefficient (Wildman–Crippen LogP) is 2.82. The zero-order valence-electron chi connectivity index (χ0n) is 15.8. The zero-order valence-corrected chi connectivity index (χ0v) is 18.2. The van der Waals surface area contributed by atoms with E-state index in [4.69, 9.17) is 23.2 Å². The van der Waals surface area contributed by atoms with Gasteiger partial charge in [-0.25, -0.2) is 13.9 Å². The standard InChI is InChI=1S/C19H24Cl2N4O3S/c20-16-2-5-19(6-3-16)24-7-9-25(10-8-24)29(27,28)14-18(23-26)4-1-15-11-17(21)13-22-12-15/h2-3,5-6,11-13,18,23,26H,1,4,7-10,14H2. The van der Waals surface area contributed by atoms with Crippen LogP contribution in [0.5, 0.6) is 0 Å². The monoisotopic (exact) mass is 458 g/mol. The minimum Gasteiger partial charge on any atom is -0.369 e. The Kier molecular flexibility index (Phi) is 7.72. The lowest BCUT2D eigenvalue weighted by molar-refractivity contribution is 0.129. The van der Waals surface area contributed by atoms with E-state index in [0.717, 1.165) is 11.3 Å². The van der Waals surface area contributed by atoms with Crippen LogP contribution in [0.25, 0.3) is 0 Å². The molecule has 158 valence electrons. The average molecular weight is 459 g/mol. The summed E-state index contributed by atoms with van der Waals surface area (Å²) in [7, 11) is -3.50. The molecule has 7 nitrogen and oxygen atoms in total. The van der Waals surface area contributed by atoms with Gasteiger partial charge in [0.1, 0.15) is 0 Å². The molecule has 0 amide bonds. The van der Waals surface area contributed by atoms with E-state index in [0.29, 0.717) is 49.1 Å². The first kappa shape index (κ1) is 22.3. The second kappa shape index (κ2) is 10.1. The number of hydroxylamine groups is 1. The van der Waals surface area contributed by atoms with Crippen LogP contribution in [0, 0.1) is 0 Å². The Labute approximate surface area is 181 Å². The molecule has 1 aromatic heterocycles. The summed E-state index contributed by atoms with van der Waals surface area (Å²) >= 11 is 11.9. The molecule has 0 spiro atoms. The largest absolute Gasteiger partial charge is 0.369 e. The number of rotatable bonds is 8. The lowest BCUT2D eigenvalue weighted by atomic mass is 10.1. The van der Waals surface area contributed by atoms with Gasteiger partial charge in [-0.15, -0.1) is 0 Å². The third-order valence-corrected chi connectivity index (χ3v) is 7.40. The molecule has 1 atom stereocenters. The summed E-state index contributed by atoms with van der Waals surface area (Å²) in [5.74, 6) is -0.168. The normalized spacial score (nSPS) is 16.7. The second-order valence-corrected chi connectivity index (χ2v) is 9.90. The molecule has 0 bridgehead atoms. The van der Waals surface area contributed by atoms with Gasteiger partial charge in [0.2, 0.25) is 10.0 Å². The van der Waals surface area contributed by atoms with Gasteiger partial charge in [-0.3, -0.25) is 4.98 Å². The Morgan fingerprint density at radius 2 is 1.76 bits per heavy atom. The fourth-order valence-corrected chi connectivity index (χ4v) is 5.36. The van der Waals surface area contributed by atoms with Gasteiger partial charge in [-0.05, 0) is 48.7 Å². The van der Waals surface area contributed by atoms with Crippen molar-refractivity contribution in [1.82, 2.24) is 14.8 Å². The summed E-state index contributed by atoms with van der Waals surface area (Å²) in [6.45, 7) is 2.02. The van der Waals surface area contributed by atoms with Crippen LogP contribution in [-0.2, 0) is 16.4 Å². The summed E-state index contributed by atoms with van der Waals surface area (Å²) < 4.78 is 27.1. The third kappa shape index (κ3) is 6.28. The molecule has 2 aromatic rings. The maximum absolute atomic E-state index is 12.8. The van der Waals surface area contributed by atoms with Crippen molar-refractivity contribution in [3.8, 4) is 0 Å². The Morgan fingerprint density at radius 3 is 2.38 bits per heavy atom. The molecule has 2 N–H and O–H groups in total. The third-order valence-electron chi connectivity index (χ3n) is 4.96. The number of halogens is 2. The first-order valence-electron chi connectivity index (χ1n) is 9.35. The van der Waals surface area contributed by atoms with Crippen LogP contribution < -0.4 is 10.4 Å². The molecule has 2 heterocycles. The van der Waals surface area contributed by atoms with Gasteiger partial charge in [0.05, 0.1) is 10.8 Å². The Balaban J connectivity index is 1.53. The molecule has 1 fully saturated rings. The lowest BCUT2D eigenvalue weighted by Gasteiger charge is -2.36. The Bertz CT molecular complexity index is 904. The van der Waals surface area contributed by atoms with E-state index in [9.17, 15) is 13.6 Å². The number of benzene rings is 1. The number of hydrogen-bond donors (Lipinski definition) is 2. The zero-order chi connectivity index (χ0) is 20.9. The van der Waals surface area contributed by atoms with E-state index in [1.54, 1.807) is 18.5 Å². The molecule has 1 aliphatic heterocycles. The SMILES string of the molecule is O=S(=O)(CC(CCc1cncc(Cl)c1)NO)N1CCN(c2ccc(Cl)cc2)CC1. The molecule has 1 aliphatic rings. The van der Waals surface area contributed by atoms with Crippen molar-refractivity contribution in [3.05, 3.63) is 58.3 Å². The number of aromatic nitrogens is 1. The van der Waals surface area contributed by atoms with E-state index < -0.39 is 16.1 Å². The quantitative estimate of drug-likeness (QED) is 0.591. The number of piperazine rings is 1. The summed E-state index contributed by atoms with van der Waals surface area (Å²) in [4.78, 5) is 6.15. The molecule has 1 saturated heterocycles. The molecule has 1 aromatic carbocycles. The summed E-state index contributed by atoms with van der Waals surface area (Å²) in [5, 5.41) is 10.6. The Hall–Kier alpha value is -1.42. The van der Waals surface area contributed by atoms with Crippen LogP contribution in [0.1, 0.15) is 12.0 Å². The molecule has 10 heteroatoms. The van der Waals surface area contributed by atoms with Crippen molar-refractivity contribution in [2.75, 3.05) is 36.8 Å². The van der Waals surface area contributed by atoms with E-state index in [-0.39, 0.29) is 5.75 Å². The summed E-state index contributed by atoms with van der Waals surface area (Å²) in [6, 6.07) is 8.73. The van der Waals surface area contributed by atoms with Crippen LogP contribution in [-0.4, -0.2) is 60.9 Å².